The van der Waals surface area contributed by atoms with E-state index in [0.29, 0.717) is 6.10 Å². The Bertz CT molecular complexity index is 355. The van der Waals surface area contributed by atoms with Crippen molar-refractivity contribution in [2.24, 2.45) is 0 Å². The normalized spacial score (nSPS) is 24.3. The summed E-state index contributed by atoms with van der Waals surface area (Å²) in [5.41, 5.74) is 1.44. The second-order valence-corrected chi connectivity index (χ2v) is 5.95. The number of hydrogen-bond donors (Lipinski definition) is 1. The lowest BCUT2D eigenvalue weighted by Crippen LogP contribution is -2.53. The Morgan fingerprint density at radius 2 is 2.31 bits per heavy atom. The predicted molar refractivity (Wildman–Crippen MR) is 69.7 cm³/mol. The maximum Gasteiger partial charge on any atom is 0.0740 e. The Morgan fingerprint density at radius 3 is 2.94 bits per heavy atom. The third kappa shape index (κ3) is 3.30. The maximum absolute atomic E-state index is 5.86. The van der Waals surface area contributed by atoms with Crippen LogP contribution in [0.3, 0.4) is 0 Å². The number of nitrogens with one attached hydrogen (secondary N) is 1. The smallest absolute Gasteiger partial charge is 0.0740 e. The molecule has 1 aliphatic heterocycles. The number of morpholine rings is 1. The summed E-state index contributed by atoms with van der Waals surface area (Å²) in [6, 6.07) is 8.42. The standard InChI is InChI=1S/C13H18BrNO/c1-13(2)9-16-12(8-15-13)7-10-4-3-5-11(14)6-10/h3-6,12,15H,7-9H2,1-2H3. The molecule has 1 fully saturated rings. The highest BCUT2D eigenvalue weighted by Crippen LogP contribution is 2.17. The molecule has 0 spiro atoms. The molecule has 0 radical (unpaired) electrons. The lowest BCUT2D eigenvalue weighted by molar-refractivity contribution is -0.0206. The van der Waals surface area contributed by atoms with Crippen LogP contribution < -0.4 is 5.32 Å². The van der Waals surface area contributed by atoms with Gasteiger partial charge in [0.2, 0.25) is 0 Å². The molecule has 3 heteroatoms. The van der Waals surface area contributed by atoms with Gasteiger partial charge in [-0.25, -0.2) is 0 Å². The summed E-state index contributed by atoms with van der Waals surface area (Å²) in [5.74, 6) is 0. The van der Waals surface area contributed by atoms with Gasteiger partial charge in [-0.2, -0.15) is 0 Å². The molecule has 1 saturated heterocycles. The van der Waals surface area contributed by atoms with E-state index in [4.69, 9.17) is 4.74 Å². The highest BCUT2D eigenvalue weighted by Gasteiger charge is 2.26. The number of benzene rings is 1. The minimum atomic E-state index is 0.119. The number of halogens is 1. The molecule has 0 saturated carbocycles. The number of rotatable bonds is 2. The van der Waals surface area contributed by atoms with Crippen molar-refractivity contribution in [3.05, 3.63) is 34.3 Å². The zero-order valence-electron chi connectivity index (χ0n) is 9.79. The molecule has 88 valence electrons. The number of hydrogen-bond acceptors (Lipinski definition) is 2. The first-order valence-corrected chi connectivity index (χ1v) is 6.45. The molecule has 1 N–H and O–H groups in total. The lowest BCUT2D eigenvalue weighted by Gasteiger charge is -2.36. The van der Waals surface area contributed by atoms with Crippen LogP contribution in [0.15, 0.2) is 28.7 Å². The minimum absolute atomic E-state index is 0.119. The molecular formula is C13H18BrNO. The van der Waals surface area contributed by atoms with E-state index in [1.54, 1.807) is 0 Å². The summed E-state index contributed by atoms with van der Waals surface area (Å²) in [4.78, 5) is 0. The topological polar surface area (TPSA) is 21.3 Å². The zero-order chi connectivity index (χ0) is 11.6. The highest BCUT2D eigenvalue weighted by atomic mass is 79.9. The lowest BCUT2D eigenvalue weighted by atomic mass is 10.0. The van der Waals surface area contributed by atoms with Gasteiger partial charge in [-0.1, -0.05) is 28.1 Å². The SMILES string of the molecule is CC1(C)COC(Cc2cccc(Br)c2)CN1. The highest BCUT2D eigenvalue weighted by molar-refractivity contribution is 9.10. The van der Waals surface area contributed by atoms with Crippen LogP contribution in [0.4, 0.5) is 0 Å². The summed E-state index contributed by atoms with van der Waals surface area (Å²) < 4.78 is 6.99. The fourth-order valence-electron chi connectivity index (χ4n) is 1.88. The fraction of sp³-hybridized carbons (Fsp3) is 0.538. The summed E-state index contributed by atoms with van der Waals surface area (Å²) in [6.45, 7) is 6.05. The first-order valence-electron chi connectivity index (χ1n) is 5.66. The molecule has 1 unspecified atom stereocenters. The van der Waals surface area contributed by atoms with E-state index < -0.39 is 0 Å². The molecule has 1 aromatic rings. The van der Waals surface area contributed by atoms with Gasteiger partial charge < -0.3 is 10.1 Å². The van der Waals surface area contributed by atoms with Crippen molar-refractivity contribution in [1.82, 2.24) is 5.32 Å². The monoisotopic (exact) mass is 283 g/mol. The predicted octanol–water partition coefficient (Wildman–Crippen LogP) is 2.76. The summed E-state index contributed by atoms with van der Waals surface area (Å²) in [7, 11) is 0. The van der Waals surface area contributed by atoms with Gasteiger partial charge in [-0.05, 0) is 38.0 Å². The van der Waals surface area contributed by atoms with E-state index in [1.807, 2.05) is 6.07 Å². The summed E-state index contributed by atoms with van der Waals surface area (Å²) in [5, 5.41) is 3.51. The van der Waals surface area contributed by atoms with Gasteiger partial charge in [0.25, 0.3) is 0 Å². The Balaban J connectivity index is 1.92. The molecule has 1 aromatic carbocycles. The van der Waals surface area contributed by atoms with Crippen LogP contribution in [-0.2, 0) is 11.2 Å². The molecule has 0 bridgehead atoms. The van der Waals surface area contributed by atoms with Crippen molar-refractivity contribution in [1.29, 1.82) is 0 Å². The van der Waals surface area contributed by atoms with Crippen molar-refractivity contribution in [2.75, 3.05) is 13.2 Å². The zero-order valence-corrected chi connectivity index (χ0v) is 11.4. The van der Waals surface area contributed by atoms with Crippen LogP contribution in [0.2, 0.25) is 0 Å². The van der Waals surface area contributed by atoms with Gasteiger partial charge in [-0.3, -0.25) is 0 Å². The Kier molecular flexibility index (Phi) is 3.67. The van der Waals surface area contributed by atoms with Gasteiger partial charge in [0.1, 0.15) is 0 Å². The van der Waals surface area contributed by atoms with Crippen LogP contribution in [-0.4, -0.2) is 24.8 Å². The fourth-order valence-corrected chi connectivity index (χ4v) is 2.33. The molecule has 2 nitrogen and oxygen atoms in total. The molecule has 16 heavy (non-hydrogen) atoms. The van der Waals surface area contributed by atoms with Gasteiger partial charge in [0, 0.05) is 16.6 Å². The van der Waals surface area contributed by atoms with Crippen molar-refractivity contribution < 1.29 is 4.74 Å². The largest absolute Gasteiger partial charge is 0.375 e. The van der Waals surface area contributed by atoms with Crippen LogP contribution in [0, 0.1) is 0 Å². The van der Waals surface area contributed by atoms with E-state index in [9.17, 15) is 0 Å². The van der Waals surface area contributed by atoms with E-state index in [-0.39, 0.29) is 5.54 Å². The third-order valence-corrected chi connectivity index (χ3v) is 3.33. The maximum atomic E-state index is 5.86. The molecule has 1 atom stereocenters. The van der Waals surface area contributed by atoms with Crippen molar-refractivity contribution >= 4 is 15.9 Å². The van der Waals surface area contributed by atoms with Gasteiger partial charge in [0.15, 0.2) is 0 Å². The molecule has 1 heterocycles. The third-order valence-electron chi connectivity index (χ3n) is 2.84. The quantitative estimate of drug-likeness (QED) is 0.901. The van der Waals surface area contributed by atoms with Crippen LogP contribution in [0.25, 0.3) is 0 Å². The van der Waals surface area contributed by atoms with E-state index in [0.717, 1.165) is 24.0 Å². The van der Waals surface area contributed by atoms with Crippen LogP contribution in [0.5, 0.6) is 0 Å². The molecule has 1 aliphatic rings. The second-order valence-electron chi connectivity index (χ2n) is 5.03. The van der Waals surface area contributed by atoms with Crippen LogP contribution >= 0.6 is 15.9 Å². The first kappa shape index (κ1) is 12.1. The van der Waals surface area contributed by atoms with Crippen LogP contribution in [0.1, 0.15) is 19.4 Å². The van der Waals surface area contributed by atoms with Crippen molar-refractivity contribution in [3.63, 3.8) is 0 Å². The van der Waals surface area contributed by atoms with E-state index in [2.05, 4.69) is 53.3 Å². The Labute approximate surface area is 106 Å². The Morgan fingerprint density at radius 1 is 1.50 bits per heavy atom. The summed E-state index contributed by atoms with van der Waals surface area (Å²) >= 11 is 3.49. The second kappa shape index (κ2) is 4.86. The van der Waals surface area contributed by atoms with Gasteiger partial charge in [0.05, 0.1) is 12.7 Å². The molecule has 0 aliphatic carbocycles. The number of ether oxygens (including phenoxy) is 1. The first-order chi connectivity index (χ1) is 7.55. The average Bonchev–Trinajstić information content (AvgIpc) is 2.21. The van der Waals surface area contributed by atoms with E-state index >= 15 is 0 Å². The van der Waals surface area contributed by atoms with Gasteiger partial charge >= 0.3 is 0 Å². The van der Waals surface area contributed by atoms with E-state index in [1.165, 1.54) is 5.56 Å². The minimum Gasteiger partial charge on any atom is -0.375 e. The van der Waals surface area contributed by atoms with Crippen molar-refractivity contribution in [3.8, 4) is 0 Å². The Hall–Kier alpha value is -0.380. The average molecular weight is 284 g/mol. The summed E-state index contributed by atoms with van der Waals surface area (Å²) in [6.07, 6.45) is 1.27. The van der Waals surface area contributed by atoms with Gasteiger partial charge in [-0.15, -0.1) is 0 Å². The molecule has 0 aromatic heterocycles. The van der Waals surface area contributed by atoms with Crippen molar-refractivity contribution in [2.45, 2.75) is 31.9 Å². The molecular weight excluding hydrogens is 266 g/mol. The molecule has 2 rings (SSSR count). The molecule has 0 amide bonds.